The monoisotopic (exact) mass is 241 g/mol. The molecule has 2 nitrogen and oxygen atoms in total. The largest absolute Gasteiger partial charge is 0.497 e. The van der Waals surface area contributed by atoms with Gasteiger partial charge in [0, 0.05) is 16.7 Å². The summed E-state index contributed by atoms with van der Waals surface area (Å²) in [6.07, 6.45) is 0. The van der Waals surface area contributed by atoms with Crippen molar-refractivity contribution in [3.05, 3.63) is 35.3 Å². The van der Waals surface area contributed by atoms with Gasteiger partial charge in [0.15, 0.2) is 0 Å². The van der Waals surface area contributed by atoms with Gasteiger partial charge < -0.3 is 10.1 Å². The third kappa shape index (κ3) is 3.51. The van der Waals surface area contributed by atoms with Gasteiger partial charge in [0.2, 0.25) is 0 Å². The van der Waals surface area contributed by atoms with Crippen LogP contribution in [-0.4, -0.2) is 13.7 Å². The number of methoxy groups -OCH3 is 1. The molecule has 0 saturated heterocycles. The molecule has 1 aromatic carbocycles. The lowest BCUT2D eigenvalue weighted by Gasteiger charge is -2.05. The van der Waals surface area contributed by atoms with Gasteiger partial charge in [-0.3, -0.25) is 0 Å². The van der Waals surface area contributed by atoms with Gasteiger partial charge in [0.05, 0.1) is 7.11 Å². The molecule has 0 bridgehead atoms. The van der Waals surface area contributed by atoms with Gasteiger partial charge >= 0.3 is 0 Å². The second kappa shape index (κ2) is 4.92. The Morgan fingerprint density at radius 2 is 2.08 bits per heavy atom. The van der Waals surface area contributed by atoms with Crippen LogP contribution in [0.15, 0.2) is 35.3 Å². The maximum absolute atomic E-state index is 5.04. The number of halogens is 1. The molecule has 0 amide bonds. The summed E-state index contributed by atoms with van der Waals surface area (Å²) in [6.45, 7) is 4.46. The highest BCUT2D eigenvalue weighted by Gasteiger charge is 1.93. The molecule has 0 aliphatic carbocycles. The fourth-order valence-electron chi connectivity index (χ4n) is 0.907. The van der Waals surface area contributed by atoms with Crippen molar-refractivity contribution in [3.63, 3.8) is 0 Å². The highest BCUT2D eigenvalue weighted by atomic mass is 79.9. The van der Waals surface area contributed by atoms with Crippen molar-refractivity contribution >= 4 is 21.6 Å². The average Bonchev–Trinajstić information content (AvgIpc) is 2.15. The van der Waals surface area contributed by atoms with Crippen LogP contribution in [0.2, 0.25) is 0 Å². The average molecular weight is 242 g/mol. The van der Waals surface area contributed by atoms with Crippen LogP contribution in [0.25, 0.3) is 0 Å². The summed E-state index contributed by atoms with van der Waals surface area (Å²) in [4.78, 5) is 0. The first kappa shape index (κ1) is 10.1. The maximum Gasteiger partial charge on any atom is 0.119 e. The highest BCUT2D eigenvalue weighted by Crippen LogP contribution is 2.15. The summed E-state index contributed by atoms with van der Waals surface area (Å²) in [7, 11) is 1.66. The molecular formula is C10H12BrNO. The summed E-state index contributed by atoms with van der Waals surface area (Å²) in [5, 5.41) is 3.19. The number of hydrogen-bond donors (Lipinski definition) is 1. The van der Waals surface area contributed by atoms with Crippen molar-refractivity contribution in [2.24, 2.45) is 0 Å². The molecule has 0 unspecified atom stereocenters. The summed E-state index contributed by atoms with van der Waals surface area (Å²) in [5.74, 6) is 0.864. The quantitative estimate of drug-likeness (QED) is 0.876. The lowest BCUT2D eigenvalue weighted by molar-refractivity contribution is 0.415. The van der Waals surface area contributed by atoms with Crippen LogP contribution in [0.4, 0.5) is 5.69 Å². The summed E-state index contributed by atoms with van der Waals surface area (Å²) >= 11 is 3.28. The minimum absolute atomic E-state index is 0.729. The number of benzene rings is 1. The zero-order chi connectivity index (χ0) is 9.68. The minimum Gasteiger partial charge on any atom is -0.497 e. The number of anilines is 1. The molecule has 0 fully saturated rings. The second-order valence-electron chi connectivity index (χ2n) is 2.60. The molecule has 1 aromatic rings. The van der Waals surface area contributed by atoms with E-state index in [1.807, 2.05) is 24.3 Å². The SMILES string of the molecule is C=C(Br)CNc1ccc(OC)cc1. The summed E-state index contributed by atoms with van der Waals surface area (Å²) in [6, 6.07) is 7.77. The summed E-state index contributed by atoms with van der Waals surface area (Å²) in [5.41, 5.74) is 1.06. The van der Waals surface area contributed by atoms with Crippen molar-refractivity contribution in [1.82, 2.24) is 0 Å². The smallest absolute Gasteiger partial charge is 0.119 e. The Morgan fingerprint density at radius 1 is 1.46 bits per heavy atom. The third-order valence-electron chi connectivity index (χ3n) is 1.57. The predicted molar refractivity (Wildman–Crippen MR) is 59.6 cm³/mol. The van der Waals surface area contributed by atoms with E-state index in [9.17, 15) is 0 Å². The first-order valence-corrected chi connectivity index (χ1v) is 4.73. The summed E-state index contributed by atoms with van der Waals surface area (Å²) < 4.78 is 5.97. The van der Waals surface area contributed by atoms with E-state index in [1.54, 1.807) is 7.11 Å². The first-order valence-electron chi connectivity index (χ1n) is 3.93. The van der Waals surface area contributed by atoms with E-state index in [1.165, 1.54) is 0 Å². The van der Waals surface area contributed by atoms with Crippen LogP contribution in [0.1, 0.15) is 0 Å². The van der Waals surface area contributed by atoms with Gasteiger partial charge in [-0.2, -0.15) is 0 Å². The molecule has 0 saturated carbocycles. The second-order valence-corrected chi connectivity index (χ2v) is 3.72. The Balaban J connectivity index is 2.54. The molecule has 0 atom stereocenters. The van der Waals surface area contributed by atoms with E-state index in [2.05, 4.69) is 27.8 Å². The highest BCUT2D eigenvalue weighted by molar-refractivity contribution is 9.11. The van der Waals surface area contributed by atoms with Gasteiger partial charge in [-0.25, -0.2) is 0 Å². The standard InChI is InChI=1S/C10H12BrNO/c1-8(11)7-12-9-3-5-10(13-2)6-4-9/h3-6,12H,1,7H2,2H3. The van der Waals surface area contributed by atoms with Crippen LogP contribution in [-0.2, 0) is 0 Å². The lowest BCUT2D eigenvalue weighted by atomic mass is 10.3. The van der Waals surface area contributed by atoms with E-state index in [0.717, 1.165) is 22.5 Å². The Morgan fingerprint density at radius 3 is 2.54 bits per heavy atom. The molecule has 0 spiro atoms. The Hall–Kier alpha value is -0.960. The Labute approximate surface area is 86.7 Å². The maximum atomic E-state index is 5.04. The van der Waals surface area contributed by atoms with Gasteiger partial charge in [-0.15, -0.1) is 0 Å². The molecule has 0 heterocycles. The molecule has 0 aliphatic heterocycles. The topological polar surface area (TPSA) is 21.3 Å². The predicted octanol–water partition coefficient (Wildman–Crippen LogP) is 3.02. The van der Waals surface area contributed by atoms with Crippen LogP contribution in [0.3, 0.4) is 0 Å². The van der Waals surface area contributed by atoms with Gasteiger partial charge in [-0.1, -0.05) is 22.5 Å². The van der Waals surface area contributed by atoms with Gasteiger partial charge in [0.25, 0.3) is 0 Å². The van der Waals surface area contributed by atoms with Crippen molar-refractivity contribution in [3.8, 4) is 5.75 Å². The first-order chi connectivity index (χ1) is 6.22. The zero-order valence-corrected chi connectivity index (χ0v) is 9.10. The molecular weight excluding hydrogens is 230 g/mol. The van der Waals surface area contributed by atoms with Crippen LogP contribution in [0.5, 0.6) is 5.75 Å². The van der Waals surface area contributed by atoms with Crippen molar-refractivity contribution in [1.29, 1.82) is 0 Å². The number of rotatable bonds is 4. The number of hydrogen-bond acceptors (Lipinski definition) is 2. The lowest BCUT2D eigenvalue weighted by Crippen LogP contribution is -1.99. The normalized spacial score (nSPS) is 9.38. The molecule has 1 N–H and O–H groups in total. The van der Waals surface area contributed by atoms with Crippen molar-refractivity contribution in [2.75, 3.05) is 19.0 Å². The Kier molecular flexibility index (Phi) is 3.83. The molecule has 70 valence electrons. The van der Waals surface area contributed by atoms with Crippen LogP contribution >= 0.6 is 15.9 Å². The molecule has 1 rings (SSSR count). The molecule has 0 aromatic heterocycles. The van der Waals surface area contributed by atoms with E-state index < -0.39 is 0 Å². The Bertz CT molecular complexity index is 281. The van der Waals surface area contributed by atoms with Crippen molar-refractivity contribution in [2.45, 2.75) is 0 Å². The van der Waals surface area contributed by atoms with E-state index in [0.29, 0.717) is 0 Å². The molecule has 13 heavy (non-hydrogen) atoms. The fraction of sp³-hybridized carbons (Fsp3) is 0.200. The van der Waals surface area contributed by atoms with E-state index in [4.69, 9.17) is 4.74 Å². The molecule has 0 aliphatic rings. The number of ether oxygens (including phenoxy) is 1. The number of nitrogens with one attached hydrogen (secondary N) is 1. The fourth-order valence-corrected chi connectivity index (χ4v) is 1.05. The van der Waals surface area contributed by atoms with E-state index in [-0.39, 0.29) is 0 Å². The van der Waals surface area contributed by atoms with E-state index >= 15 is 0 Å². The zero-order valence-electron chi connectivity index (χ0n) is 7.51. The van der Waals surface area contributed by atoms with Crippen molar-refractivity contribution < 1.29 is 4.74 Å². The molecule has 0 radical (unpaired) electrons. The molecule has 3 heteroatoms. The van der Waals surface area contributed by atoms with Gasteiger partial charge in [-0.05, 0) is 24.3 Å². The van der Waals surface area contributed by atoms with Crippen LogP contribution in [0, 0.1) is 0 Å². The third-order valence-corrected chi connectivity index (χ3v) is 1.85. The van der Waals surface area contributed by atoms with Gasteiger partial charge in [0.1, 0.15) is 5.75 Å². The van der Waals surface area contributed by atoms with Crippen LogP contribution < -0.4 is 10.1 Å². The minimum atomic E-state index is 0.729.